The fourth-order valence-electron chi connectivity index (χ4n) is 3.57. The topological polar surface area (TPSA) is 99.2 Å². The average molecular weight is 454 g/mol. The largest absolute Gasteiger partial charge is 0.457 e. The zero-order valence-electron chi connectivity index (χ0n) is 17.1. The number of nitrogens with one attached hydrogen (secondary N) is 1. The monoisotopic (exact) mass is 454 g/mol. The van der Waals surface area contributed by atoms with Gasteiger partial charge in [-0.3, -0.25) is 14.6 Å². The van der Waals surface area contributed by atoms with Crippen molar-refractivity contribution >= 4 is 34.9 Å². The van der Waals surface area contributed by atoms with Crippen LogP contribution < -0.4 is 5.32 Å². The van der Waals surface area contributed by atoms with E-state index < -0.39 is 49.1 Å². The number of likely N-dealkylation sites (tertiary alicyclic amines) is 1. The van der Waals surface area contributed by atoms with Crippen molar-refractivity contribution in [2.24, 2.45) is 0 Å². The zero-order chi connectivity index (χ0) is 23.6. The van der Waals surface area contributed by atoms with Crippen molar-refractivity contribution < 1.29 is 27.2 Å². The van der Waals surface area contributed by atoms with E-state index in [9.17, 15) is 22.8 Å². The first-order valence-corrected chi connectivity index (χ1v) is 9.92. The quantitative estimate of drug-likeness (QED) is 0.635. The van der Waals surface area contributed by atoms with Crippen LogP contribution in [0.4, 0.5) is 13.2 Å². The Balaban J connectivity index is 1.45. The number of benzene rings is 1. The summed E-state index contributed by atoms with van der Waals surface area (Å²) >= 11 is 0. The van der Waals surface area contributed by atoms with Crippen LogP contribution in [0.15, 0.2) is 47.1 Å². The molecule has 0 bridgehead atoms. The number of rotatable bonds is 5. The minimum Gasteiger partial charge on any atom is -0.457 e. The van der Waals surface area contributed by atoms with Crippen LogP contribution in [0.2, 0.25) is 0 Å². The second kappa shape index (κ2) is 8.78. The van der Waals surface area contributed by atoms with Crippen LogP contribution in [0.5, 0.6) is 0 Å². The van der Waals surface area contributed by atoms with Crippen molar-refractivity contribution in [2.45, 2.75) is 18.4 Å². The molecular weight excluding hydrogens is 437 g/mol. The molecule has 1 fully saturated rings. The molecular formula is C23H17F3N4O3. The highest BCUT2D eigenvalue weighted by atomic mass is 19.3. The molecule has 1 saturated heterocycles. The molecule has 168 valence electrons. The fourth-order valence-corrected chi connectivity index (χ4v) is 3.57. The fraction of sp³-hybridized carbons (Fsp3) is 0.217. The molecule has 0 radical (unpaired) electrons. The minimum atomic E-state index is -3.13. The Labute approximate surface area is 186 Å². The van der Waals surface area contributed by atoms with E-state index in [4.69, 9.17) is 9.68 Å². The lowest BCUT2D eigenvalue weighted by molar-refractivity contribution is -0.131. The van der Waals surface area contributed by atoms with Gasteiger partial charge in [0, 0.05) is 41.4 Å². The smallest absolute Gasteiger partial charge is 0.268 e. The third kappa shape index (κ3) is 4.87. The van der Waals surface area contributed by atoms with Crippen LogP contribution in [-0.2, 0) is 4.79 Å². The van der Waals surface area contributed by atoms with E-state index in [2.05, 4.69) is 10.3 Å². The molecule has 0 spiro atoms. The van der Waals surface area contributed by atoms with Gasteiger partial charge < -0.3 is 14.6 Å². The summed E-state index contributed by atoms with van der Waals surface area (Å²) in [4.78, 5) is 29.7. The lowest BCUT2D eigenvalue weighted by atomic mass is 10.1. The van der Waals surface area contributed by atoms with Gasteiger partial charge in [-0.25, -0.2) is 13.2 Å². The highest BCUT2D eigenvalue weighted by Gasteiger charge is 2.47. The molecule has 1 atom stereocenters. The van der Waals surface area contributed by atoms with Gasteiger partial charge in [-0.1, -0.05) is 0 Å². The molecule has 0 aliphatic carbocycles. The predicted octanol–water partition coefficient (Wildman–Crippen LogP) is 3.63. The number of pyridine rings is 1. The highest BCUT2D eigenvalue weighted by molar-refractivity contribution is 6.00. The third-order valence-electron chi connectivity index (χ3n) is 5.16. The summed E-state index contributed by atoms with van der Waals surface area (Å²) in [5.41, 5.74) is 0.983. The molecule has 1 N–H and O–H groups in total. The van der Waals surface area contributed by atoms with E-state index in [-0.39, 0.29) is 5.56 Å². The average Bonchev–Trinajstić information content (AvgIpc) is 3.34. The van der Waals surface area contributed by atoms with Crippen LogP contribution in [-0.4, -0.2) is 46.8 Å². The number of hydrogen-bond donors (Lipinski definition) is 1. The minimum absolute atomic E-state index is 0.194. The van der Waals surface area contributed by atoms with E-state index in [1.807, 2.05) is 0 Å². The molecule has 2 amide bonds. The van der Waals surface area contributed by atoms with Gasteiger partial charge in [0.25, 0.3) is 11.8 Å². The molecule has 33 heavy (non-hydrogen) atoms. The molecule has 7 nitrogen and oxygen atoms in total. The number of nitriles is 1. The molecule has 2 aromatic heterocycles. The number of halogens is 3. The summed E-state index contributed by atoms with van der Waals surface area (Å²) in [5, 5.41) is 12.1. The maximum Gasteiger partial charge on any atom is 0.268 e. The van der Waals surface area contributed by atoms with Gasteiger partial charge in [-0.2, -0.15) is 5.26 Å². The number of amides is 2. The van der Waals surface area contributed by atoms with Crippen LogP contribution in [0.1, 0.15) is 28.1 Å². The number of carbonyl (C=O) groups is 2. The molecule has 3 heterocycles. The van der Waals surface area contributed by atoms with Gasteiger partial charge in [0.1, 0.15) is 23.2 Å². The van der Waals surface area contributed by atoms with Gasteiger partial charge >= 0.3 is 0 Å². The van der Waals surface area contributed by atoms with Crippen molar-refractivity contribution in [2.75, 3.05) is 13.1 Å². The normalized spacial score (nSPS) is 17.4. The molecule has 3 aromatic rings. The third-order valence-corrected chi connectivity index (χ3v) is 5.16. The predicted molar refractivity (Wildman–Crippen MR) is 112 cm³/mol. The number of alkyl halides is 2. The second-order valence-electron chi connectivity index (χ2n) is 7.54. The van der Waals surface area contributed by atoms with Gasteiger partial charge in [0.15, 0.2) is 0 Å². The van der Waals surface area contributed by atoms with E-state index in [0.717, 1.165) is 4.90 Å². The standard InChI is InChI=1S/C23H17F3N4O3/c24-16-3-1-14-7-18(33-20(14)8-16)4-2-15-11-28-6-5-19(15)22(32)29-12-21(31)30-13-23(25,26)9-17(30)10-27/h1-8,11,17H,9,12-13H2,(H,29,32). The Morgan fingerprint density at radius 3 is 2.91 bits per heavy atom. The summed E-state index contributed by atoms with van der Waals surface area (Å²) in [6.45, 7) is -1.39. The maximum atomic E-state index is 13.5. The van der Waals surface area contributed by atoms with Crippen molar-refractivity contribution in [3.8, 4) is 6.07 Å². The Kier molecular flexibility index (Phi) is 5.87. The Hall–Kier alpha value is -4.13. The molecule has 10 heteroatoms. The van der Waals surface area contributed by atoms with E-state index in [0.29, 0.717) is 22.3 Å². The summed E-state index contributed by atoms with van der Waals surface area (Å²) in [6.07, 6.45) is 5.26. The number of carbonyl (C=O) groups excluding carboxylic acids is 2. The Morgan fingerprint density at radius 1 is 1.30 bits per heavy atom. The second-order valence-corrected chi connectivity index (χ2v) is 7.54. The lowest BCUT2D eigenvalue weighted by Crippen LogP contribution is -2.43. The van der Waals surface area contributed by atoms with E-state index in [1.165, 1.54) is 30.6 Å². The highest BCUT2D eigenvalue weighted by Crippen LogP contribution is 2.31. The maximum absolute atomic E-state index is 13.5. The van der Waals surface area contributed by atoms with Crippen molar-refractivity contribution in [1.82, 2.24) is 15.2 Å². The summed E-state index contributed by atoms with van der Waals surface area (Å²) in [6, 6.07) is 7.76. The number of aromatic nitrogens is 1. The van der Waals surface area contributed by atoms with Crippen LogP contribution >= 0.6 is 0 Å². The van der Waals surface area contributed by atoms with Gasteiger partial charge in [-0.05, 0) is 36.4 Å². The van der Waals surface area contributed by atoms with E-state index in [1.54, 1.807) is 30.4 Å². The van der Waals surface area contributed by atoms with Gasteiger partial charge in [0.2, 0.25) is 5.91 Å². The number of furan rings is 1. The number of hydrogen-bond acceptors (Lipinski definition) is 5. The summed E-state index contributed by atoms with van der Waals surface area (Å²) < 4.78 is 46.0. The summed E-state index contributed by atoms with van der Waals surface area (Å²) in [7, 11) is 0. The van der Waals surface area contributed by atoms with Crippen molar-refractivity contribution in [1.29, 1.82) is 5.26 Å². The Morgan fingerprint density at radius 2 is 2.12 bits per heavy atom. The SMILES string of the molecule is N#CC1CC(F)(F)CN1C(=O)CNC(=O)c1ccncc1C=Cc1cc2ccc(F)cc2o1. The van der Waals surface area contributed by atoms with Crippen LogP contribution in [0.25, 0.3) is 23.1 Å². The van der Waals surface area contributed by atoms with E-state index >= 15 is 0 Å². The van der Waals surface area contributed by atoms with Crippen LogP contribution in [0, 0.1) is 17.1 Å². The molecule has 4 rings (SSSR count). The lowest BCUT2D eigenvalue weighted by Gasteiger charge is -2.19. The van der Waals surface area contributed by atoms with Crippen molar-refractivity contribution in [3.63, 3.8) is 0 Å². The molecule has 1 aromatic carbocycles. The van der Waals surface area contributed by atoms with Crippen LogP contribution in [0.3, 0.4) is 0 Å². The molecule has 1 unspecified atom stereocenters. The first kappa shape index (κ1) is 22.1. The molecule has 1 aliphatic rings. The number of nitrogens with zero attached hydrogens (tertiary/aromatic N) is 3. The number of fused-ring (bicyclic) bond motifs is 1. The first-order chi connectivity index (χ1) is 15.8. The van der Waals surface area contributed by atoms with Gasteiger partial charge in [0.05, 0.1) is 19.2 Å². The molecule has 1 aliphatic heterocycles. The first-order valence-electron chi connectivity index (χ1n) is 9.92. The van der Waals surface area contributed by atoms with Crippen molar-refractivity contribution in [3.05, 3.63) is 65.4 Å². The summed E-state index contributed by atoms with van der Waals surface area (Å²) in [5.74, 6) is -4.51. The van der Waals surface area contributed by atoms with Gasteiger partial charge in [-0.15, -0.1) is 0 Å². The molecule has 0 saturated carbocycles. The Bertz CT molecular complexity index is 1300. The zero-order valence-corrected chi connectivity index (χ0v) is 17.1.